The lowest BCUT2D eigenvalue weighted by Gasteiger charge is -2.26. The van der Waals surface area contributed by atoms with Crippen LogP contribution in [0.4, 0.5) is 11.6 Å². The number of aliphatic hydroxyl groups excluding tert-OH is 1. The van der Waals surface area contributed by atoms with Crippen LogP contribution in [0.25, 0.3) is 0 Å². The molecule has 5 nitrogen and oxygen atoms in total. The van der Waals surface area contributed by atoms with Gasteiger partial charge in [0, 0.05) is 25.7 Å². The fraction of sp³-hybridized carbons (Fsp3) is 0.733. The lowest BCUT2D eigenvalue weighted by Crippen LogP contribution is -2.33. The second-order valence-electron chi connectivity index (χ2n) is 5.81. The van der Waals surface area contributed by atoms with E-state index in [1.807, 2.05) is 0 Å². The van der Waals surface area contributed by atoms with Crippen molar-refractivity contribution in [3.63, 3.8) is 0 Å². The number of hydrogen-bond donors (Lipinski definition) is 1. The fourth-order valence-electron chi connectivity index (χ4n) is 3.29. The van der Waals surface area contributed by atoms with Crippen LogP contribution in [0.15, 0.2) is 12.4 Å². The van der Waals surface area contributed by atoms with E-state index in [0.29, 0.717) is 0 Å². The Labute approximate surface area is 120 Å². The molecule has 5 heteroatoms. The molecule has 0 unspecified atom stereocenters. The van der Waals surface area contributed by atoms with Gasteiger partial charge in [-0.15, -0.1) is 0 Å². The van der Waals surface area contributed by atoms with Crippen molar-refractivity contribution in [3.8, 4) is 0 Å². The molecule has 0 bridgehead atoms. The first-order valence-electron chi connectivity index (χ1n) is 7.83. The van der Waals surface area contributed by atoms with Crippen molar-refractivity contribution in [2.75, 3.05) is 36.0 Å². The predicted molar refractivity (Wildman–Crippen MR) is 80.2 cm³/mol. The second kappa shape index (κ2) is 6.39. The molecule has 2 saturated heterocycles. The van der Waals surface area contributed by atoms with Crippen LogP contribution in [0.5, 0.6) is 0 Å². The van der Waals surface area contributed by atoms with Gasteiger partial charge in [-0.3, -0.25) is 0 Å². The first-order chi connectivity index (χ1) is 9.88. The molecule has 2 aliphatic rings. The molecule has 0 saturated carbocycles. The molecule has 3 heterocycles. The average Bonchev–Trinajstić information content (AvgIpc) is 2.81. The summed E-state index contributed by atoms with van der Waals surface area (Å²) in [5.74, 6) is 2.01. The third-order valence-corrected chi connectivity index (χ3v) is 4.45. The van der Waals surface area contributed by atoms with Crippen molar-refractivity contribution in [3.05, 3.63) is 12.4 Å². The van der Waals surface area contributed by atoms with Gasteiger partial charge in [0.2, 0.25) is 0 Å². The van der Waals surface area contributed by atoms with E-state index in [9.17, 15) is 5.11 Å². The van der Waals surface area contributed by atoms with Crippen LogP contribution in [0, 0.1) is 0 Å². The molecule has 110 valence electrons. The highest BCUT2D eigenvalue weighted by atomic mass is 16.3. The van der Waals surface area contributed by atoms with Crippen molar-refractivity contribution in [2.24, 2.45) is 0 Å². The Morgan fingerprint density at radius 3 is 2.50 bits per heavy atom. The molecule has 0 radical (unpaired) electrons. The molecule has 0 spiro atoms. The van der Waals surface area contributed by atoms with Gasteiger partial charge in [0.05, 0.1) is 12.6 Å². The normalized spacial score (nSPS) is 23.9. The summed E-state index contributed by atoms with van der Waals surface area (Å²) in [6.07, 6.45) is 9.01. The highest BCUT2D eigenvalue weighted by Gasteiger charge is 2.25. The summed E-state index contributed by atoms with van der Waals surface area (Å²) in [4.78, 5) is 13.5. The van der Waals surface area contributed by atoms with Crippen molar-refractivity contribution in [1.29, 1.82) is 0 Å². The Balaban J connectivity index is 1.78. The molecule has 0 amide bonds. The average molecular weight is 276 g/mol. The molecule has 1 atom stereocenters. The molecule has 20 heavy (non-hydrogen) atoms. The quantitative estimate of drug-likeness (QED) is 0.912. The van der Waals surface area contributed by atoms with Crippen LogP contribution in [-0.2, 0) is 0 Å². The van der Waals surface area contributed by atoms with Crippen LogP contribution in [-0.4, -0.2) is 47.4 Å². The summed E-state index contributed by atoms with van der Waals surface area (Å²) in [5.41, 5.74) is 0. The van der Waals surface area contributed by atoms with Crippen LogP contribution < -0.4 is 9.80 Å². The molecule has 2 fully saturated rings. The molecular weight excluding hydrogens is 252 g/mol. The number of anilines is 2. The van der Waals surface area contributed by atoms with E-state index >= 15 is 0 Å². The van der Waals surface area contributed by atoms with Crippen molar-refractivity contribution in [1.82, 2.24) is 9.97 Å². The van der Waals surface area contributed by atoms with Crippen LogP contribution in [0.1, 0.15) is 38.5 Å². The Morgan fingerprint density at radius 1 is 1.00 bits per heavy atom. The molecule has 3 rings (SSSR count). The van der Waals surface area contributed by atoms with Gasteiger partial charge in [0.1, 0.15) is 18.0 Å². The maximum absolute atomic E-state index is 9.46. The minimum Gasteiger partial charge on any atom is -0.394 e. The number of nitrogens with zero attached hydrogens (tertiary/aromatic N) is 4. The van der Waals surface area contributed by atoms with E-state index in [4.69, 9.17) is 0 Å². The van der Waals surface area contributed by atoms with Gasteiger partial charge in [-0.1, -0.05) is 12.8 Å². The lowest BCUT2D eigenvalue weighted by atomic mass is 10.2. The largest absolute Gasteiger partial charge is 0.394 e. The van der Waals surface area contributed by atoms with Gasteiger partial charge in [-0.2, -0.15) is 0 Å². The number of aliphatic hydroxyl groups is 1. The summed E-state index contributed by atoms with van der Waals surface area (Å²) in [7, 11) is 0. The maximum Gasteiger partial charge on any atom is 0.134 e. The third-order valence-electron chi connectivity index (χ3n) is 4.45. The van der Waals surface area contributed by atoms with Gasteiger partial charge < -0.3 is 14.9 Å². The standard InChI is InChI=1S/C15H24N4O/c20-11-13-6-5-9-19(13)15-10-14(16-12-17-15)18-7-3-1-2-4-8-18/h10,12-13,20H,1-9,11H2/t13-/m0/s1. The minimum atomic E-state index is 0.211. The molecule has 1 N–H and O–H groups in total. The van der Waals surface area contributed by atoms with E-state index in [2.05, 4.69) is 25.8 Å². The van der Waals surface area contributed by atoms with Gasteiger partial charge in [-0.25, -0.2) is 9.97 Å². The Kier molecular flexibility index (Phi) is 4.35. The topological polar surface area (TPSA) is 52.5 Å². The molecule has 1 aromatic rings. The molecular formula is C15H24N4O. The van der Waals surface area contributed by atoms with E-state index in [0.717, 1.165) is 44.1 Å². The smallest absolute Gasteiger partial charge is 0.134 e. The van der Waals surface area contributed by atoms with Crippen molar-refractivity contribution in [2.45, 2.75) is 44.6 Å². The summed E-state index contributed by atoms with van der Waals surface area (Å²) in [5, 5.41) is 9.46. The second-order valence-corrected chi connectivity index (χ2v) is 5.81. The molecule has 1 aromatic heterocycles. The van der Waals surface area contributed by atoms with Gasteiger partial charge in [0.25, 0.3) is 0 Å². The number of aromatic nitrogens is 2. The first-order valence-corrected chi connectivity index (χ1v) is 7.83. The Morgan fingerprint density at radius 2 is 1.75 bits per heavy atom. The van der Waals surface area contributed by atoms with Crippen LogP contribution >= 0.6 is 0 Å². The Hall–Kier alpha value is -1.36. The van der Waals surface area contributed by atoms with Crippen LogP contribution in [0.2, 0.25) is 0 Å². The molecule has 2 aliphatic heterocycles. The summed E-state index contributed by atoms with van der Waals surface area (Å²) in [6, 6.07) is 2.32. The summed E-state index contributed by atoms with van der Waals surface area (Å²) >= 11 is 0. The maximum atomic E-state index is 9.46. The van der Waals surface area contributed by atoms with E-state index in [1.54, 1.807) is 6.33 Å². The van der Waals surface area contributed by atoms with Crippen LogP contribution in [0.3, 0.4) is 0 Å². The fourth-order valence-corrected chi connectivity index (χ4v) is 3.29. The van der Waals surface area contributed by atoms with Gasteiger partial charge >= 0.3 is 0 Å². The summed E-state index contributed by atoms with van der Waals surface area (Å²) in [6.45, 7) is 3.39. The predicted octanol–water partition coefficient (Wildman–Crippen LogP) is 1.82. The highest BCUT2D eigenvalue weighted by Crippen LogP contribution is 2.26. The van der Waals surface area contributed by atoms with Crippen molar-refractivity contribution < 1.29 is 5.11 Å². The van der Waals surface area contributed by atoms with E-state index in [-0.39, 0.29) is 12.6 Å². The van der Waals surface area contributed by atoms with Gasteiger partial charge in [-0.05, 0) is 25.7 Å². The Bertz CT molecular complexity index is 432. The zero-order valence-electron chi connectivity index (χ0n) is 12.0. The van der Waals surface area contributed by atoms with E-state index in [1.165, 1.54) is 25.7 Å². The molecule has 0 aliphatic carbocycles. The van der Waals surface area contributed by atoms with E-state index < -0.39 is 0 Å². The SMILES string of the molecule is OC[C@@H]1CCCN1c1cc(N2CCCCCC2)ncn1. The van der Waals surface area contributed by atoms with Gasteiger partial charge in [0.15, 0.2) is 0 Å². The highest BCUT2D eigenvalue weighted by molar-refractivity contribution is 5.51. The zero-order chi connectivity index (χ0) is 13.8. The zero-order valence-corrected chi connectivity index (χ0v) is 12.0. The monoisotopic (exact) mass is 276 g/mol. The number of hydrogen-bond acceptors (Lipinski definition) is 5. The first kappa shape index (κ1) is 13.6. The minimum absolute atomic E-state index is 0.211. The third kappa shape index (κ3) is 2.87. The summed E-state index contributed by atoms with van der Waals surface area (Å²) < 4.78 is 0. The number of rotatable bonds is 3. The molecule has 0 aromatic carbocycles. The lowest BCUT2D eigenvalue weighted by molar-refractivity contribution is 0.266. The van der Waals surface area contributed by atoms with Crippen molar-refractivity contribution >= 4 is 11.6 Å².